The van der Waals surface area contributed by atoms with E-state index in [9.17, 15) is 19.5 Å². The van der Waals surface area contributed by atoms with Gasteiger partial charge in [0.25, 0.3) is 0 Å². The van der Waals surface area contributed by atoms with E-state index in [2.05, 4.69) is 0 Å². The Morgan fingerprint density at radius 1 is 1.29 bits per heavy atom. The number of carbonyl (C=O) groups excluding carboxylic acids is 2. The van der Waals surface area contributed by atoms with E-state index in [1.165, 1.54) is 16.7 Å². The number of rotatable bonds is 3. The highest BCUT2D eigenvalue weighted by atomic mass is 32.2. The number of hydrogen-bond acceptors (Lipinski definition) is 4. The average Bonchev–Trinajstić information content (AvgIpc) is 2.95. The maximum Gasteiger partial charge on any atom is 0.327 e. The lowest BCUT2D eigenvalue weighted by Crippen LogP contribution is -2.50. The molecule has 2 fully saturated rings. The molecule has 2 aliphatic heterocycles. The topological polar surface area (TPSA) is 77.9 Å². The highest BCUT2D eigenvalue weighted by Gasteiger charge is 2.39. The number of carboxylic acid groups (broad SMARTS) is 1. The van der Waals surface area contributed by atoms with Crippen molar-refractivity contribution in [1.29, 1.82) is 0 Å². The van der Waals surface area contributed by atoms with E-state index >= 15 is 0 Å². The number of likely N-dealkylation sites (tertiary alicyclic amines) is 1. The molecule has 1 N–H and O–H groups in total. The summed E-state index contributed by atoms with van der Waals surface area (Å²) >= 11 is 1.47. The number of carbonyl (C=O) groups is 3. The fraction of sp³-hybridized carbons (Fsp3) is 0.786. The predicted molar refractivity (Wildman–Crippen MR) is 79.7 cm³/mol. The first-order valence-corrected chi connectivity index (χ1v) is 8.47. The van der Waals surface area contributed by atoms with Gasteiger partial charge in [-0.3, -0.25) is 9.59 Å². The van der Waals surface area contributed by atoms with Crippen LogP contribution >= 0.6 is 11.8 Å². The third kappa shape index (κ3) is 3.51. The van der Waals surface area contributed by atoms with E-state index < -0.39 is 12.0 Å². The fourth-order valence-corrected chi connectivity index (χ4v) is 4.00. The van der Waals surface area contributed by atoms with Gasteiger partial charge in [0.1, 0.15) is 6.04 Å². The number of piperidine rings is 1. The summed E-state index contributed by atoms with van der Waals surface area (Å²) < 4.78 is 0. The molecule has 2 saturated heterocycles. The zero-order chi connectivity index (χ0) is 15.6. The van der Waals surface area contributed by atoms with Gasteiger partial charge in [-0.1, -0.05) is 13.8 Å². The van der Waals surface area contributed by atoms with Crippen LogP contribution in [0.25, 0.3) is 0 Å². The Labute approximate surface area is 128 Å². The van der Waals surface area contributed by atoms with Crippen LogP contribution in [-0.2, 0) is 14.4 Å². The summed E-state index contributed by atoms with van der Waals surface area (Å²) in [6.45, 7) is 4.82. The molecular formula is C14H22N2O4S. The van der Waals surface area contributed by atoms with Gasteiger partial charge in [0.05, 0.1) is 11.8 Å². The van der Waals surface area contributed by atoms with Gasteiger partial charge in [0.15, 0.2) is 0 Å². The second-order valence-corrected chi connectivity index (χ2v) is 6.94. The van der Waals surface area contributed by atoms with E-state index in [1.807, 2.05) is 13.8 Å². The van der Waals surface area contributed by atoms with E-state index in [0.29, 0.717) is 24.7 Å². The van der Waals surface area contributed by atoms with Crippen LogP contribution in [0.5, 0.6) is 0 Å². The van der Waals surface area contributed by atoms with Gasteiger partial charge in [-0.2, -0.15) is 0 Å². The molecule has 2 rings (SSSR count). The molecule has 0 aliphatic carbocycles. The molecule has 2 aliphatic rings. The largest absolute Gasteiger partial charge is 0.480 e. The SMILES string of the molecule is CC(C)C(=O)N1CCCC(C(=O)N2CSC[C@H]2C(=O)O)C1. The summed E-state index contributed by atoms with van der Waals surface area (Å²) in [7, 11) is 0. The summed E-state index contributed by atoms with van der Waals surface area (Å²) in [5, 5.41) is 9.17. The molecular weight excluding hydrogens is 292 g/mol. The molecule has 6 nitrogen and oxygen atoms in total. The Morgan fingerprint density at radius 3 is 2.62 bits per heavy atom. The molecule has 0 bridgehead atoms. The Balaban J connectivity index is 2.02. The second-order valence-electron chi connectivity index (χ2n) is 5.94. The molecule has 0 spiro atoms. The first-order chi connectivity index (χ1) is 9.91. The Hall–Kier alpha value is -1.24. The summed E-state index contributed by atoms with van der Waals surface area (Å²) in [4.78, 5) is 39.0. The molecule has 118 valence electrons. The number of hydrogen-bond donors (Lipinski definition) is 1. The van der Waals surface area contributed by atoms with Gasteiger partial charge in [0, 0.05) is 24.8 Å². The van der Waals surface area contributed by atoms with Crippen molar-refractivity contribution in [3.05, 3.63) is 0 Å². The molecule has 7 heteroatoms. The quantitative estimate of drug-likeness (QED) is 0.836. The first kappa shape index (κ1) is 16.1. The molecule has 0 aromatic carbocycles. The molecule has 0 saturated carbocycles. The molecule has 2 atom stereocenters. The highest BCUT2D eigenvalue weighted by Crippen LogP contribution is 2.27. The van der Waals surface area contributed by atoms with Gasteiger partial charge in [-0.25, -0.2) is 4.79 Å². The smallest absolute Gasteiger partial charge is 0.327 e. The molecule has 0 aromatic rings. The van der Waals surface area contributed by atoms with Gasteiger partial charge in [-0.05, 0) is 12.8 Å². The average molecular weight is 314 g/mol. The molecule has 21 heavy (non-hydrogen) atoms. The van der Waals surface area contributed by atoms with E-state index in [4.69, 9.17) is 0 Å². The van der Waals surface area contributed by atoms with Gasteiger partial charge in [0.2, 0.25) is 11.8 Å². The van der Waals surface area contributed by atoms with Gasteiger partial charge in [-0.15, -0.1) is 11.8 Å². The van der Waals surface area contributed by atoms with Crippen molar-refractivity contribution >= 4 is 29.5 Å². The van der Waals surface area contributed by atoms with Crippen molar-refractivity contribution in [2.45, 2.75) is 32.7 Å². The lowest BCUT2D eigenvalue weighted by Gasteiger charge is -2.35. The standard InChI is InChI=1S/C14H22N2O4S/c1-9(2)12(17)15-5-3-4-10(6-15)13(18)16-8-21-7-11(16)14(19)20/h9-11H,3-8H2,1-2H3,(H,19,20)/t10?,11-/m0/s1. The van der Waals surface area contributed by atoms with Crippen molar-refractivity contribution in [2.24, 2.45) is 11.8 Å². The maximum atomic E-state index is 12.6. The van der Waals surface area contributed by atoms with E-state index in [-0.39, 0.29) is 23.7 Å². The Bertz CT molecular complexity index is 441. The van der Waals surface area contributed by atoms with Crippen LogP contribution in [0, 0.1) is 11.8 Å². The third-order valence-corrected chi connectivity index (χ3v) is 5.04. The van der Waals surface area contributed by atoms with Crippen LogP contribution in [0.2, 0.25) is 0 Å². The third-order valence-electron chi connectivity index (χ3n) is 4.03. The normalized spacial score (nSPS) is 26.2. The summed E-state index contributed by atoms with van der Waals surface area (Å²) in [6, 6.07) is -0.723. The highest BCUT2D eigenvalue weighted by molar-refractivity contribution is 7.99. The number of thioether (sulfide) groups is 1. The molecule has 1 unspecified atom stereocenters. The van der Waals surface area contributed by atoms with Crippen LogP contribution in [0.1, 0.15) is 26.7 Å². The molecule has 0 radical (unpaired) electrons. The van der Waals surface area contributed by atoms with Crippen LogP contribution in [0.15, 0.2) is 0 Å². The van der Waals surface area contributed by atoms with Crippen LogP contribution in [0.4, 0.5) is 0 Å². The minimum absolute atomic E-state index is 0.0677. The monoisotopic (exact) mass is 314 g/mol. The number of carboxylic acids is 1. The van der Waals surface area contributed by atoms with Crippen LogP contribution in [0.3, 0.4) is 0 Å². The minimum Gasteiger partial charge on any atom is -0.480 e. The Morgan fingerprint density at radius 2 is 2.00 bits per heavy atom. The fourth-order valence-electron chi connectivity index (χ4n) is 2.84. The van der Waals surface area contributed by atoms with Crippen molar-refractivity contribution in [1.82, 2.24) is 9.80 Å². The lowest BCUT2D eigenvalue weighted by molar-refractivity contribution is -0.151. The molecule has 2 heterocycles. The van der Waals surface area contributed by atoms with Crippen molar-refractivity contribution in [2.75, 3.05) is 24.7 Å². The second kappa shape index (κ2) is 6.68. The first-order valence-electron chi connectivity index (χ1n) is 7.31. The number of aliphatic carboxylic acids is 1. The molecule has 2 amide bonds. The summed E-state index contributed by atoms with van der Waals surface area (Å²) in [5.41, 5.74) is 0. The van der Waals surface area contributed by atoms with Crippen molar-refractivity contribution in [3.63, 3.8) is 0 Å². The van der Waals surface area contributed by atoms with E-state index in [0.717, 1.165) is 12.8 Å². The minimum atomic E-state index is -0.945. The lowest BCUT2D eigenvalue weighted by atomic mass is 9.95. The maximum absolute atomic E-state index is 12.6. The summed E-state index contributed by atoms with van der Waals surface area (Å²) in [5.74, 6) is -0.451. The van der Waals surface area contributed by atoms with Gasteiger partial charge >= 0.3 is 5.97 Å². The zero-order valence-electron chi connectivity index (χ0n) is 12.4. The van der Waals surface area contributed by atoms with Crippen LogP contribution < -0.4 is 0 Å². The number of amides is 2. The summed E-state index contributed by atoms with van der Waals surface area (Å²) in [6.07, 6.45) is 1.53. The molecule has 0 aromatic heterocycles. The Kier molecular flexibility index (Phi) is 5.13. The van der Waals surface area contributed by atoms with Crippen molar-refractivity contribution in [3.8, 4) is 0 Å². The number of nitrogens with zero attached hydrogens (tertiary/aromatic N) is 2. The van der Waals surface area contributed by atoms with Crippen molar-refractivity contribution < 1.29 is 19.5 Å². The van der Waals surface area contributed by atoms with E-state index in [1.54, 1.807) is 4.90 Å². The van der Waals surface area contributed by atoms with Gasteiger partial charge < -0.3 is 14.9 Å². The zero-order valence-corrected chi connectivity index (χ0v) is 13.3. The predicted octanol–water partition coefficient (Wildman–Crippen LogP) is 0.867. The van der Waals surface area contributed by atoms with Crippen LogP contribution in [-0.4, -0.2) is 63.5 Å².